The third-order valence-corrected chi connectivity index (χ3v) is 3.49. The predicted octanol–water partition coefficient (Wildman–Crippen LogP) is 2.68. The van der Waals surface area contributed by atoms with E-state index in [2.05, 4.69) is 37.2 Å². The molecule has 1 unspecified atom stereocenters. The molecule has 0 radical (unpaired) electrons. The Morgan fingerprint density at radius 1 is 1.24 bits per heavy atom. The van der Waals surface area contributed by atoms with Crippen LogP contribution in [0.4, 0.5) is 0 Å². The second-order valence-corrected chi connectivity index (χ2v) is 5.22. The van der Waals surface area contributed by atoms with E-state index in [1.54, 1.807) is 7.11 Å². The number of unbranched alkanes of at least 4 members (excludes halogenated alkanes) is 4. The van der Waals surface area contributed by atoms with Crippen molar-refractivity contribution in [1.82, 2.24) is 0 Å². The fourth-order valence-corrected chi connectivity index (χ4v) is 2.16. The molecule has 1 saturated heterocycles. The monoisotopic (exact) mass is 290 g/mol. The Kier molecular flexibility index (Phi) is 8.87. The van der Waals surface area contributed by atoms with Crippen LogP contribution in [0.2, 0.25) is 0 Å². The number of hydrogen-bond acceptors (Lipinski definition) is 3. The van der Waals surface area contributed by atoms with Gasteiger partial charge in [0.25, 0.3) is 0 Å². The van der Waals surface area contributed by atoms with Crippen LogP contribution in [0.15, 0.2) is 12.7 Å². The lowest BCUT2D eigenvalue weighted by molar-refractivity contribution is 0.120. The fourth-order valence-electron chi connectivity index (χ4n) is 2.16. The van der Waals surface area contributed by atoms with Crippen molar-refractivity contribution in [2.24, 2.45) is 0 Å². The van der Waals surface area contributed by atoms with Crippen molar-refractivity contribution >= 4 is 0 Å². The van der Waals surface area contributed by atoms with E-state index in [-0.39, 0.29) is 18.3 Å². The molecule has 3 heteroatoms. The molecular formula is C18H26O3. The summed E-state index contributed by atoms with van der Waals surface area (Å²) in [6, 6.07) is 0. The molecule has 1 aliphatic rings. The maximum Gasteiger partial charge on any atom is 0.147 e. The second kappa shape index (κ2) is 10.5. The van der Waals surface area contributed by atoms with Gasteiger partial charge in [-0.25, -0.2) is 0 Å². The third kappa shape index (κ3) is 7.34. The van der Waals surface area contributed by atoms with E-state index >= 15 is 0 Å². The van der Waals surface area contributed by atoms with Crippen LogP contribution < -0.4 is 0 Å². The summed E-state index contributed by atoms with van der Waals surface area (Å²) in [7, 11) is 1.63. The Morgan fingerprint density at radius 3 is 2.62 bits per heavy atom. The van der Waals surface area contributed by atoms with Gasteiger partial charge in [0.15, 0.2) is 0 Å². The first-order valence-electron chi connectivity index (χ1n) is 7.72. The van der Waals surface area contributed by atoms with Crippen LogP contribution in [0, 0.1) is 23.7 Å². The van der Waals surface area contributed by atoms with E-state index in [0.29, 0.717) is 0 Å². The van der Waals surface area contributed by atoms with Crippen molar-refractivity contribution in [1.29, 1.82) is 0 Å². The van der Waals surface area contributed by atoms with Crippen LogP contribution in [0.3, 0.4) is 0 Å². The second-order valence-electron chi connectivity index (χ2n) is 5.22. The number of aliphatic hydroxyl groups is 1. The summed E-state index contributed by atoms with van der Waals surface area (Å²) >= 11 is 0. The lowest BCUT2D eigenvalue weighted by atomic mass is 10.1. The van der Waals surface area contributed by atoms with Crippen LogP contribution in [0.5, 0.6) is 0 Å². The summed E-state index contributed by atoms with van der Waals surface area (Å²) in [4.78, 5) is 0. The van der Waals surface area contributed by atoms with Gasteiger partial charge in [0.1, 0.15) is 18.3 Å². The molecule has 21 heavy (non-hydrogen) atoms. The van der Waals surface area contributed by atoms with Crippen LogP contribution in [0.25, 0.3) is 0 Å². The summed E-state index contributed by atoms with van der Waals surface area (Å²) < 4.78 is 11.0. The number of hydrogen-bond donors (Lipinski definition) is 1. The zero-order valence-corrected chi connectivity index (χ0v) is 13.1. The number of rotatable bonds is 9. The van der Waals surface area contributed by atoms with Crippen molar-refractivity contribution in [2.75, 3.05) is 7.11 Å². The van der Waals surface area contributed by atoms with E-state index in [9.17, 15) is 5.11 Å². The highest BCUT2D eigenvalue weighted by Crippen LogP contribution is 2.31. The van der Waals surface area contributed by atoms with Gasteiger partial charge < -0.3 is 14.6 Å². The normalized spacial score (nSPS) is 22.2. The maximum atomic E-state index is 9.19. The summed E-state index contributed by atoms with van der Waals surface area (Å²) in [5, 5.41) is 9.19. The van der Waals surface area contributed by atoms with Crippen LogP contribution in [-0.2, 0) is 9.47 Å². The third-order valence-electron chi connectivity index (χ3n) is 3.49. The van der Waals surface area contributed by atoms with Crippen LogP contribution in [-0.4, -0.2) is 36.6 Å². The number of methoxy groups -OCH3 is 1. The average molecular weight is 290 g/mol. The lowest BCUT2D eigenvalue weighted by Gasteiger charge is -2.03. The first kappa shape index (κ1) is 17.8. The molecule has 1 aliphatic heterocycles. The molecule has 1 fully saturated rings. The summed E-state index contributed by atoms with van der Waals surface area (Å²) in [6.45, 7) is 5.66. The minimum Gasteiger partial charge on any atom is -0.377 e. The molecule has 0 aromatic heterocycles. The standard InChI is InChI=1S/C18H26O3/c1-4-6-7-8-9-14-17-18(21-17)16(20-3)13-11-10-12-15(19)5-2/h5,15-19H,2,4,6-9,14H2,1,3H3/t15-,16?,17+,18-/m1/s1. The quantitative estimate of drug-likeness (QED) is 0.307. The van der Waals surface area contributed by atoms with E-state index in [1.807, 2.05) is 0 Å². The smallest absolute Gasteiger partial charge is 0.147 e. The van der Waals surface area contributed by atoms with Crippen molar-refractivity contribution in [3.05, 3.63) is 12.7 Å². The lowest BCUT2D eigenvalue weighted by Crippen LogP contribution is -2.17. The Morgan fingerprint density at radius 2 is 1.95 bits per heavy atom. The Hall–Kier alpha value is -1.26. The topological polar surface area (TPSA) is 42.0 Å². The fraction of sp³-hybridized carbons (Fsp3) is 0.667. The molecule has 1 heterocycles. The molecule has 0 aromatic carbocycles. The first-order valence-corrected chi connectivity index (χ1v) is 7.72. The average Bonchev–Trinajstić information content (AvgIpc) is 3.26. The van der Waals surface area contributed by atoms with Gasteiger partial charge in [-0.2, -0.15) is 0 Å². The van der Waals surface area contributed by atoms with Crippen molar-refractivity contribution < 1.29 is 14.6 Å². The molecular weight excluding hydrogens is 264 g/mol. The van der Waals surface area contributed by atoms with Crippen molar-refractivity contribution in [3.8, 4) is 23.7 Å². The van der Waals surface area contributed by atoms with E-state index in [0.717, 1.165) is 6.42 Å². The van der Waals surface area contributed by atoms with Gasteiger partial charge in [-0.3, -0.25) is 0 Å². The van der Waals surface area contributed by atoms with Gasteiger partial charge in [-0.1, -0.05) is 63.5 Å². The van der Waals surface area contributed by atoms with Crippen molar-refractivity contribution in [2.45, 2.75) is 69.9 Å². The van der Waals surface area contributed by atoms with Crippen LogP contribution >= 0.6 is 0 Å². The highest BCUT2D eigenvalue weighted by molar-refractivity contribution is 5.30. The van der Waals surface area contributed by atoms with E-state index in [1.165, 1.54) is 38.2 Å². The van der Waals surface area contributed by atoms with Gasteiger partial charge in [-0.15, -0.1) is 0 Å². The molecule has 3 nitrogen and oxygen atoms in total. The Bertz CT molecular complexity index is 421. The molecule has 0 bridgehead atoms. The Labute approximate surface area is 128 Å². The van der Waals surface area contributed by atoms with E-state index < -0.39 is 6.10 Å². The highest BCUT2D eigenvalue weighted by Gasteiger charge is 2.43. The first-order chi connectivity index (χ1) is 10.2. The largest absolute Gasteiger partial charge is 0.377 e. The maximum absolute atomic E-state index is 9.19. The minimum absolute atomic E-state index is 0.0693. The molecule has 0 aromatic rings. The van der Waals surface area contributed by atoms with Gasteiger partial charge in [-0.05, 0) is 18.3 Å². The van der Waals surface area contributed by atoms with Gasteiger partial charge in [0.05, 0.1) is 6.10 Å². The zero-order valence-electron chi connectivity index (χ0n) is 13.1. The van der Waals surface area contributed by atoms with E-state index in [4.69, 9.17) is 9.47 Å². The number of aliphatic hydroxyl groups excluding tert-OH is 1. The summed E-state index contributed by atoms with van der Waals surface area (Å²) in [5.74, 6) is 10.8. The number of ether oxygens (including phenoxy) is 2. The minimum atomic E-state index is -0.826. The Balaban J connectivity index is 2.27. The number of epoxide rings is 1. The molecule has 116 valence electrons. The molecule has 4 atom stereocenters. The van der Waals surface area contributed by atoms with Gasteiger partial charge >= 0.3 is 0 Å². The SMILES string of the molecule is C=C[C@@H](O)C#CC#CC(OC)[C@H]1O[C@H]1CCCCCCC. The molecule has 0 saturated carbocycles. The zero-order chi connectivity index (χ0) is 15.5. The molecule has 0 spiro atoms. The molecule has 1 rings (SSSR count). The van der Waals surface area contributed by atoms with Gasteiger partial charge in [0.2, 0.25) is 0 Å². The molecule has 1 N–H and O–H groups in total. The summed E-state index contributed by atoms with van der Waals surface area (Å²) in [5.41, 5.74) is 0. The highest BCUT2D eigenvalue weighted by atomic mass is 16.6. The van der Waals surface area contributed by atoms with Gasteiger partial charge in [0, 0.05) is 7.11 Å². The summed E-state index contributed by atoms with van der Waals surface area (Å²) in [6.07, 6.45) is 8.10. The van der Waals surface area contributed by atoms with Crippen molar-refractivity contribution in [3.63, 3.8) is 0 Å². The molecule has 0 amide bonds. The molecule has 0 aliphatic carbocycles. The van der Waals surface area contributed by atoms with Crippen LogP contribution in [0.1, 0.15) is 45.4 Å². The predicted molar refractivity (Wildman–Crippen MR) is 84.6 cm³/mol.